The fourth-order valence-corrected chi connectivity index (χ4v) is 3.42. The predicted octanol–water partition coefficient (Wildman–Crippen LogP) is 3.08. The lowest BCUT2D eigenvalue weighted by molar-refractivity contribution is 0.0942. The summed E-state index contributed by atoms with van der Waals surface area (Å²) in [5.74, 6) is 0.187. The van der Waals surface area contributed by atoms with Gasteiger partial charge in [0, 0.05) is 40.0 Å². The molecule has 4 nitrogen and oxygen atoms in total. The molecule has 0 bridgehead atoms. The normalized spacial score (nSPS) is 13.4. The van der Waals surface area contributed by atoms with E-state index in [2.05, 4.69) is 10.3 Å². The number of amides is 1. The highest BCUT2D eigenvalue weighted by molar-refractivity contribution is 7.84. The molecule has 0 aliphatic carbocycles. The van der Waals surface area contributed by atoms with E-state index in [9.17, 15) is 9.00 Å². The minimum absolute atomic E-state index is 0.187. The summed E-state index contributed by atoms with van der Waals surface area (Å²) in [6, 6.07) is 18.5. The zero-order valence-corrected chi connectivity index (χ0v) is 14.1. The summed E-state index contributed by atoms with van der Waals surface area (Å²) in [7, 11) is -1.02. The Labute approximate surface area is 143 Å². The molecule has 0 aliphatic rings. The highest BCUT2D eigenvalue weighted by atomic mass is 32.2. The molecule has 122 valence electrons. The van der Waals surface area contributed by atoms with E-state index < -0.39 is 10.8 Å². The first-order chi connectivity index (χ1) is 11.6. The maximum atomic E-state index is 12.8. The molecular weight excluding hydrogens is 320 g/mol. The summed E-state index contributed by atoms with van der Waals surface area (Å²) in [5.41, 5.74) is 2.29. The SMILES string of the molecule is CS(=O)CC(NC(=O)c1cccc2ncccc12)c1ccccc1. The summed E-state index contributed by atoms with van der Waals surface area (Å²) < 4.78 is 11.7. The van der Waals surface area contributed by atoms with Crippen LogP contribution >= 0.6 is 0 Å². The maximum Gasteiger partial charge on any atom is 0.252 e. The van der Waals surface area contributed by atoms with Crippen LogP contribution in [0.4, 0.5) is 0 Å². The summed E-state index contributed by atoms with van der Waals surface area (Å²) in [6.45, 7) is 0. The molecule has 0 saturated carbocycles. The molecule has 24 heavy (non-hydrogen) atoms. The molecular formula is C19H18N2O2S. The van der Waals surface area contributed by atoms with Gasteiger partial charge < -0.3 is 5.32 Å². The van der Waals surface area contributed by atoms with E-state index in [4.69, 9.17) is 0 Å². The van der Waals surface area contributed by atoms with Gasteiger partial charge in [0.15, 0.2) is 0 Å². The average molecular weight is 338 g/mol. The Bertz CT molecular complexity index is 875. The fraction of sp³-hybridized carbons (Fsp3) is 0.158. The van der Waals surface area contributed by atoms with E-state index in [1.165, 1.54) is 0 Å². The molecule has 5 heteroatoms. The van der Waals surface area contributed by atoms with Gasteiger partial charge in [-0.05, 0) is 23.8 Å². The number of nitrogens with zero attached hydrogens (tertiary/aromatic N) is 1. The van der Waals surface area contributed by atoms with Crippen LogP contribution in [-0.2, 0) is 10.8 Å². The number of pyridine rings is 1. The van der Waals surface area contributed by atoms with E-state index in [-0.39, 0.29) is 11.9 Å². The third-order valence-corrected chi connectivity index (χ3v) is 4.60. The van der Waals surface area contributed by atoms with E-state index >= 15 is 0 Å². The van der Waals surface area contributed by atoms with Gasteiger partial charge in [0.2, 0.25) is 0 Å². The summed E-state index contributed by atoms with van der Waals surface area (Å²) in [6.07, 6.45) is 3.35. The van der Waals surface area contributed by atoms with Crippen molar-refractivity contribution in [2.24, 2.45) is 0 Å². The first kappa shape index (κ1) is 16.3. The maximum absolute atomic E-state index is 12.8. The molecule has 0 saturated heterocycles. The number of carbonyl (C=O) groups is 1. The second-order valence-electron chi connectivity index (χ2n) is 5.55. The lowest BCUT2D eigenvalue weighted by atomic mass is 10.1. The Morgan fingerprint density at radius 1 is 1.08 bits per heavy atom. The number of hydrogen-bond donors (Lipinski definition) is 1. The van der Waals surface area contributed by atoms with Gasteiger partial charge in [0.25, 0.3) is 5.91 Å². The number of carbonyl (C=O) groups excluding carboxylic acids is 1. The minimum atomic E-state index is -1.02. The smallest absolute Gasteiger partial charge is 0.252 e. The second kappa shape index (κ2) is 7.36. The predicted molar refractivity (Wildman–Crippen MR) is 97.3 cm³/mol. The van der Waals surface area contributed by atoms with Crippen LogP contribution in [0.15, 0.2) is 66.9 Å². The number of benzene rings is 2. The Morgan fingerprint density at radius 3 is 2.62 bits per heavy atom. The molecule has 1 heterocycles. The first-order valence-electron chi connectivity index (χ1n) is 7.65. The average Bonchev–Trinajstić information content (AvgIpc) is 2.61. The van der Waals surface area contributed by atoms with Crippen molar-refractivity contribution in [3.8, 4) is 0 Å². The molecule has 2 atom stereocenters. The monoisotopic (exact) mass is 338 g/mol. The van der Waals surface area contributed by atoms with Crippen molar-refractivity contribution in [1.29, 1.82) is 0 Å². The topological polar surface area (TPSA) is 59.1 Å². The second-order valence-corrected chi connectivity index (χ2v) is 7.03. The van der Waals surface area contributed by atoms with Crippen LogP contribution in [-0.4, -0.2) is 27.1 Å². The van der Waals surface area contributed by atoms with Crippen molar-refractivity contribution in [2.75, 3.05) is 12.0 Å². The Morgan fingerprint density at radius 2 is 1.88 bits per heavy atom. The largest absolute Gasteiger partial charge is 0.344 e. The third-order valence-electron chi connectivity index (χ3n) is 3.80. The number of aromatic nitrogens is 1. The van der Waals surface area contributed by atoms with Gasteiger partial charge >= 0.3 is 0 Å². The molecule has 3 rings (SSSR count). The van der Waals surface area contributed by atoms with E-state index in [1.807, 2.05) is 54.6 Å². The molecule has 0 spiro atoms. The standard InChI is InChI=1S/C19H18N2O2S/c1-24(23)13-18(14-7-3-2-4-8-14)21-19(22)16-9-5-11-17-15(16)10-6-12-20-17/h2-12,18H,13H2,1H3,(H,21,22). The number of fused-ring (bicyclic) bond motifs is 1. The van der Waals surface area contributed by atoms with Crippen molar-refractivity contribution in [3.63, 3.8) is 0 Å². The molecule has 1 N–H and O–H groups in total. The van der Waals surface area contributed by atoms with Gasteiger partial charge in [-0.2, -0.15) is 0 Å². The van der Waals surface area contributed by atoms with E-state index in [0.29, 0.717) is 11.3 Å². The van der Waals surface area contributed by atoms with Crippen LogP contribution in [0.25, 0.3) is 10.9 Å². The van der Waals surface area contributed by atoms with Crippen LogP contribution in [0.5, 0.6) is 0 Å². The number of nitrogens with one attached hydrogen (secondary N) is 1. The molecule has 0 aliphatic heterocycles. The van der Waals surface area contributed by atoms with Crippen molar-refractivity contribution >= 4 is 27.6 Å². The third kappa shape index (κ3) is 3.68. The molecule has 0 fully saturated rings. The first-order valence-corrected chi connectivity index (χ1v) is 9.37. The highest BCUT2D eigenvalue weighted by Crippen LogP contribution is 2.19. The van der Waals surface area contributed by atoms with Gasteiger partial charge in [0.1, 0.15) is 0 Å². The van der Waals surface area contributed by atoms with Gasteiger partial charge in [-0.25, -0.2) is 0 Å². The summed E-state index contributed by atoms with van der Waals surface area (Å²) in [4.78, 5) is 17.1. The lowest BCUT2D eigenvalue weighted by Crippen LogP contribution is -2.32. The molecule has 2 unspecified atom stereocenters. The number of hydrogen-bond acceptors (Lipinski definition) is 3. The Hall–Kier alpha value is -2.53. The molecule has 1 aromatic heterocycles. The zero-order chi connectivity index (χ0) is 16.9. The van der Waals surface area contributed by atoms with Crippen molar-refractivity contribution in [1.82, 2.24) is 10.3 Å². The summed E-state index contributed by atoms with van der Waals surface area (Å²) >= 11 is 0. The molecule has 0 radical (unpaired) electrons. The highest BCUT2D eigenvalue weighted by Gasteiger charge is 2.18. The van der Waals surface area contributed by atoms with Gasteiger partial charge in [-0.1, -0.05) is 42.5 Å². The van der Waals surface area contributed by atoms with Gasteiger partial charge in [-0.3, -0.25) is 14.0 Å². The number of rotatable bonds is 5. The summed E-state index contributed by atoms with van der Waals surface area (Å²) in [5, 5.41) is 3.82. The zero-order valence-electron chi connectivity index (χ0n) is 13.3. The van der Waals surface area contributed by atoms with E-state index in [0.717, 1.165) is 16.5 Å². The van der Waals surface area contributed by atoms with Crippen molar-refractivity contribution in [3.05, 3.63) is 78.0 Å². The molecule has 3 aromatic rings. The van der Waals surface area contributed by atoms with Crippen LogP contribution in [0, 0.1) is 0 Å². The van der Waals surface area contributed by atoms with E-state index in [1.54, 1.807) is 18.5 Å². The lowest BCUT2D eigenvalue weighted by Gasteiger charge is -2.18. The van der Waals surface area contributed by atoms with Crippen LogP contribution in [0.3, 0.4) is 0 Å². The Kier molecular flexibility index (Phi) is 5.01. The molecule has 1 amide bonds. The molecule has 2 aromatic carbocycles. The Balaban J connectivity index is 1.91. The van der Waals surface area contributed by atoms with Crippen LogP contribution in [0.2, 0.25) is 0 Å². The van der Waals surface area contributed by atoms with Gasteiger partial charge in [0.05, 0.1) is 11.6 Å². The van der Waals surface area contributed by atoms with Crippen LogP contribution in [0.1, 0.15) is 22.0 Å². The van der Waals surface area contributed by atoms with Gasteiger partial charge in [-0.15, -0.1) is 0 Å². The van der Waals surface area contributed by atoms with Crippen molar-refractivity contribution < 1.29 is 9.00 Å². The minimum Gasteiger partial charge on any atom is -0.344 e. The van der Waals surface area contributed by atoms with Crippen LogP contribution < -0.4 is 5.32 Å². The quantitative estimate of drug-likeness (QED) is 0.778. The fourth-order valence-electron chi connectivity index (χ4n) is 2.68. The van der Waals surface area contributed by atoms with Crippen molar-refractivity contribution in [2.45, 2.75) is 6.04 Å².